The number of rotatable bonds is 5. The third-order valence-electron chi connectivity index (χ3n) is 3.19. The Balaban J connectivity index is 1.97. The highest BCUT2D eigenvalue weighted by atomic mass is 15.0. The molecule has 3 heteroatoms. The summed E-state index contributed by atoms with van der Waals surface area (Å²) in [7, 11) is 0. The van der Waals surface area contributed by atoms with Crippen LogP contribution >= 0.6 is 0 Å². The molecule has 106 valence electrons. The maximum absolute atomic E-state index is 4.56. The Bertz CT molecular complexity index is 576. The van der Waals surface area contributed by atoms with Crippen molar-refractivity contribution in [1.82, 2.24) is 9.97 Å². The van der Waals surface area contributed by atoms with Crippen molar-refractivity contribution in [2.75, 3.05) is 11.9 Å². The lowest BCUT2D eigenvalue weighted by molar-refractivity contribution is 0.766. The Kier molecular flexibility index (Phi) is 4.72. The smallest absolute Gasteiger partial charge is 0.133 e. The van der Waals surface area contributed by atoms with Crippen molar-refractivity contribution >= 4 is 5.82 Å². The fraction of sp³-hybridized carbons (Fsp3) is 0.412. The van der Waals surface area contributed by atoms with Gasteiger partial charge < -0.3 is 5.32 Å². The largest absolute Gasteiger partial charge is 0.370 e. The maximum Gasteiger partial charge on any atom is 0.133 e. The fourth-order valence-electron chi connectivity index (χ4n) is 2.14. The average Bonchev–Trinajstić information content (AvgIpc) is 2.38. The molecule has 0 spiro atoms. The molecule has 1 N–H and O–H groups in total. The molecule has 0 saturated heterocycles. The van der Waals surface area contributed by atoms with E-state index in [1.54, 1.807) is 0 Å². The maximum atomic E-state index is 4.56. The molecule has 2 rings (SSSR count). The minimum atomic E-state index is 0.354. The number of nitrogens with one attached hydrogen (secondary N) is 1. The first-order chi connectivity index (χ1) is 9.54. The molecule has 0 aliphatic carbocycles. The van der Waals surface area contributed by atoms with Gasteiger partial charge in [0.1, 0.15) is 11.6 Å². The minimum Gasteiger partial charge on any atom is -0.370 e. The molecule has 1 aromatic heterocycles. The summed E-state index contributed by atoms with van der Waals surface area (Å²) in [6.07, 6.45) is 1.00. The van der Waals surface area contributed by atoms with Gasteiger partial charge >= 0.3 is 0 Å². The molecule has 0 atom stereocenters. The van der Waals surface area contributed by atoms with Crippen LogP contribution in [-0.4, -0.2) is 16.5 Å². The molecule has 0 amide bonds. The van der Waals surface area contributed by atoms with Gasteiger partial charge in [-0.15, -0.1) is 0 Å². The zero-order valence-electron chi connectivity index (χ0n) is 12.8. The number of aryl methyl sites for hydroxylation is 2. The minimum absolute atomic E-state index is 0.354. The van der Waals surface area contributed by atoms with Crippen molar-refractivity contribution in [3.63, 3.8) is 0 Å². The second kappa shape index (κ2) is 6.51. The Morgan fingerprint density at radius 3 is 2.60 bits per heavy atom. The van der Waals surface area contributed by atoms with Gasteiger partial charge in [-0.2, -0.15) is 0 Å². The van der Waals surface area contributed by atoms with Gasteiger partial charge in [-0.05, 0) is 25.8 Å². The number of anilines is 1. The van der Waals surface area contributed by atoms with Crippen molar-refractivity contribution in [3.8, 4) is 0 Å². The van der Waals surface area contributed by atoms with Crippen molar-refractivity contribution in [1.29, 1.82) is 0 Å². The Morgan fingerprint density at radius 1 is 1.10 bits per heavy atom. The molecule has 1 heterocycles. The van der Waals surface area contributed by atoms with Gasteiger partial charge in [0.05, 0.1) is 0 Å². The van der Waals surface area contributed by atoms with E-state index >= 15 is 0 Å². The first-order valence-corrected chi connectivity index (χ1v) is 7.19. The summed E-state index contributed by atoms with van der Waals surface area (Å²) >= 11 is 0. The molecule has 0 fully saturated rings. The van der Waals surface area contributed by atoms with Crippen LogP contribution in [0.15, 0.2) is 30.3 Å². The first kappa shape index (κ1) is 14.5. The van der Waals surface area contributed by atoms with Crippen LogP contribution in [0.2, 0.25) is 0 Å². The normalized spacial score (nSPS) is 10.8. The van der Waals surface area contributed by atoms with Gasteiger partial charge in [0, 0.05) is 24.2 Å². The van der Waals surface area contributed by atoms with Gasteiger partial charge in [-0.25, -0.2) is 9.97 Å². The Hall–Kier alpha value is -1.90. The number of benzene rings is 1. The van der Waals surface area contributed by atoms with Crippen molar-refractivity contribution in [3.05, 3.63) is 53.0 Å². The fourth-order valence-corrected chi connectivity index (χ4v) is 2.14. The predicted molar refractivity (Wildman–Crippen MR) is 84.2 cm³/mol. The van der Waals surface area contributed by atoms with Crippen molar-refractivity contribution < 1.29 is 0 Å². The lowest BCUT2D eigenvalue weighted by Crippen LogP contribution is -2.09. The summed E-state index contributed by atoms with van der Waals surface area (Å²) in [4.78, 5) is 9.02. The summed E-state index contributed by atoms with van der Waals surface area (Å²) in [5, 5.41) is 3.40. The lowest BCUT2D eigenvalue weighted by atomic mass is 10.1. The topological polar surface area (TPSA) is 37.8 Å². The molecule has 3 nitrogen and oxygen atoms in total. The van der Waals surface area contributed by atoms with Gasteiger partial charge in [0.25, 0.3) is 0 Å². The van der Waals surface area contributed by atoms with Crippen LogP contribution in [-0.2, 0) is 6.42 Å². The SMILES string of the molecule is Cc1cccc(CCNc2cc(C)nc(C(C)C)n2)c1. The van der Waals surface area contributed by atoms with Crippen LogP contribution in [0.3, 0.4) is 0 Å². The number of aromatic nitrogens is 2. The number of hydrogen-bond acceptors (Lipinski definition) is 3. The molecule has 0 unspecified atom stereocenters. The van der Waals surface area contributed by atoms with E-state index in [2.05, 4.69) is 60.3 Å². The molecule has 2 aromatic rings. The quantitative estimate of drug-likeness (QED) is 0.895. The summed E-state index contributed by atoms with van der Waals surface area (Å²) in [5.74, 6) is 2.18. The van der Waals surface area contributed by atoms with E-state index in [0.717, 1.165) is 30.3 Å². The number of nitrogens with zero attached hydrogens (tertiary/aromatic N) is 2. The van der Waals surface area contributed by atoms with Crippen LogP contribution in [0.5, 0.6) is 0 Å². The molecule has 0 aliphatic heterocycles. The standard InChI is InChI=1S/C17H23N3/c1-12(2)17-19-14(4)11-16(20-17)18-9-8-15-7-5-6-13(3)10-15/h5-7,10-12H,8-9H2,1-4H3,(H,18,19,20). The predicted octanol–water partition coefficient (Wildman–Crippen LogP) is 3.87. The Labute approximate surface area is 121 Å². The third kappa shape index (κ3) is 4.05. The molecule has 20 heavy (non-hydrogen) atoms. The van der Waals surface area contributed by atoms with E-state index in [-0.39, 0.29) is 0 Å². The van der Waals surface area contributed by atoms with Crippen molar-refractivity contribution in [2.45, 2.75) is 40.0 Å². The van der Waals surface area contributed by atoms with E-state index in [1.165, 1.54) is 11.1 Å². The van der Waals surface area contributed by atoms with E-state index in [0.29, 0.717) is 5.92 Å². The molecule has 0 radical (unpaired) electrons. The molecular formula is C17H23N3. The molecule has 0 aliphatic rings. The van der Waals surface area contributed by atoms with Crippen LogP contribution < -0.4 is 5.32 Å². The van der Waals surface area contributed by atoms with Crippen LogP contribution in [0.1, 0.15) is 42.4 Å². The van der Waals surface area contributed by atoms with Crippen LogP contribution in [0.25, 0.3) is 0 Å². The summed E-state index contributed by atoms with van der Waals surface area (Å²) in [5.41, 5.74) is 3.68. The highest BCUT2D eigenvalue weighted by Gasteiger charge is 2.05. The monoisotopic (exact) mass is 269 g/mol. The summed E-state index contributed by atoms with van der Waals surface area (Å²) in [6.45, 7) is 9.26. The van der Waals surface area contributed by atoms with Crippen LogP contribution in [0.4, 0.5) is 5.82 Å². The molecule has 0 saturated carbocycles. The lowest BCUT2D eigenvalue weighted by Gasteiger charge is -2.10. The van der Waals surface area contributed by atoms with E-state index in [1.807, 2.05) is 13.0 Å². The second-order valence-electron chi connectivity index (χ2n) is 5.57. The van der Waals surface area contributed by atoms with Gasteiger partial charge in [0.2, 0.25) is 0 Å². The third-order valence-corrected chi connectivity index (χ3v) is 3.19. The molecule has 1 aromatic carbocycles. The highest BCUT2D eigenvalue weighted by molar-refractivity contribution is 5.36. The van der Waals surface area contributed by atoms with E-state index in [4.69, 9.17) is 0 Å². The second-order valence-corrected chi connectivity index (χ2v) is 5.57. The molecular weight excluding hydrogens is 246 g/mol. The molecule has 0 bridgehead atoms. The highest BCUT2D eigenvalue weighted by Crippen LogP contribution is 2.13. The van der Waals surface area contributed by atoms with Gasteiger partial charge in [-0.1, -0.05) is 43.7 Å². The zero-order chi connectivity index (χ0) is 14.5. The van der Waals surface area contributed by atoms with Crippen LogP contribution in [0, 0.1) is 13.8 Å². The van der Waals surface area contributed by atoms with Gasteiger partial charge in [0.15, 0.2) is 0 Å². The first-order valence-electron chi connectivity index (χ1n) is 7.19. The average molecular weight is 269 g/mol. The summed E-state index contributed by atoms with van der Waals surface area (Å²) in [6, 6.07) is 10.6. The summed E-state index contributed by atoms with van der Waals surface area (Å²) < 4.78 is 0. The van der Waals surface area contributed by atoms with Gasteiger partial charge in [-0.3, -0.25) is 0 Å². The zero-order valence-corrected chi connectivity index (χ0v) is 12.8. The van der Waals surface area contributed by atoms with Crippen molar-refractivity contribution in [2.24, 2.45) is 0 Å². The van der Waals surface area contributed by atoms with E-state index in [9.17, 15) is 0 Å². The van der Waals surface area contributed by atoms with E-state index < -0.39 is 0 Å². The number of hydrogen-bond donors (Lipinski definition) is 1. The Morgan fingerprint density at radius 2 is 1.90 bits per heavy atom.